The van der Waals surface area contributed by atoms with E-state index >= 15 is 0 Å². The van der Waals surface area contributed by atoms with Gasteiger partial charge >= 0.3 is 23.9 Å². The molecule has 0 aromatic carbocycles. The summed E-state index contributed by atoms with van der Waals surface area (Å²) in [5.74, 6) is -15.4. The molecule has 0 bridgehead atoms. The first-order valence-electron chi connectivity index (χ1n) is 22.7. The summed E-state index contributed by atoms with van der Waals surface area (Å²) >= 11 is 1.21. The van der Waals surface area contributed by atoms with Crippen molar-refractivity contribution in [2.75, 3.05) is 25.1 Å². The largest absolute Gasteiger partial charge is 0.481 e. The third kappa shape index (κ3) is 29.4. The number of thioether (sulfide) groups is 1. The van der Waals surface area contributed by atoms with E-state index in [0.717, 1.165) is 13.8 Å². The maximum absolute atomic E-state index is 14.1. The van der Waals surface area contributed by atoms with Gasteiger partial charge in [-0.2, -0.15) is 11.8 Å². The minimum atomic E-state index is -1.75. The molecule has 32 nitrogen and oxygen atoms in total. The molecule has 9 amide bonds. The molecular weight excluding hydrogens is 1010 g/mol. The number of hydrogen-bond acceptors (Lipinski definition) is 16. The monoisotopic (exact) mass is 1080 g/mol. The second-order valence-corrected chi connectivity index (χ2v) is 17.3. The Morgan fingerprint density at radius 3 is 1.05 bits per heavy atom. The van der Waals surface area contributed by atoms with Gasteiger partial charge in [-0.05, 0) is 70.3 Å². The standard InChI is InChI=1S/C41H69N15O17S/c1-19(32(65)56-27(39(72)73)18-28(42)58)49-33(66)21(6-4-15-47-40(43)44)51-34(67)22(7-5-16-48-41(45)46)52-36(69)24(9-12-30(61)62)54-38(71)26(14-17-74-3)55-37(70)25(10-13-31(63)64)53-35(68)23(50-20(2)57)8-11-29(59)60/h19,21-27H,4-18H2,1-3H3,(H2,42,58)(H,49,66)(H,50,57)(H,51,67)(H,52,69)(H,53,68)(H,54,71)(H,55,70)(H,56,65)(H,59,60)(H,61,62)(H,63,64)(H,72,73)(H4,43,44,47)(H4,45,46,48). The number of hydrogen-bond donors (Lipinski definition) is 17. The van der Waals surface area contributed by atoms with Crippen LogP contribution in [0.15, 0.2) is 9.98 Å². The second kappa shape index (κ2) is 35.2. The molecule has 0 aliphatic heterocycles. The summed E-state index contributed by atoms with van der Waals surface area (Å²) in [6.45, 7) is 2.06. The summed E-state index contributed by atoms with van der Waals surface area (Å²) in [6.07, 6.45) is -3.31. The van der Waals surface area contributed by atoms with Gasteiger partial charge in [-0.3, -0.25) is 67.5 Å². The van der Waals surface area contributed by atoms with Crippen LogP contribution in [0.5, 0.6) is 0 Å². The van der Waals surface area contributed by atoms with Crippen LogP contribution in [-0.4, -0.2) is 183 Å². The Morgan fingerprint density at radius 1 is 0.446 bits per heavy atom. The number of nitrogens with one attached hydrogen (secondary N) is 8. The lowest BCUT2D eigenvalue weighted by Gasteiger charge is -2.28. The molecule has 0 rings (SSSR count). The molecule has 0 heterocycles. The van der Waals surface area contributed by atoms with Crippen LogP contribution in [0.25, 0.3) is 0 Å². The van der Waals surface area contributed by atoms with Crippen LogP contribution in [0.2, 0.25) is 0 Å². The number of carbonyl (C=O) groups is 13. The zero-order valence-corrected chi connectivity index (χ0v) is 41.8. The normalized spacial score (nSPS) is 13.9. The van der Waals surface area contributed by atoms with E-state index in [1.807, 2.05) is 0 Å². The number of carboxylic acid groups (broad SMARTS) is 4. The third-order valence-electron chi connectivity index (χ3n) is 10.1. The predicted molar refractivity (Wildman–Crippen MR) is 262 cm³/mol. The fourth-order valence-electron chi connectivity index (χ4n) is 6.34. The van der Waals surface area contributed by atoms with Crippen molar-refractivity contribution in [1.29, 1.82) is 0 Å². The smallest absolute Gasteiger partial charge is 0.326 e. The highest BCUT2D eigenvalue weighted by atomic mass is 32.2. The van der Waals surface area contributed by atoms with Gasteiger partial charge in [0.15, 0.2) is 11.9 Å². The lowest BCUT2D eigenvalue weighted by atomic mass is 10.0. The number of primary amides is 1. The fourth-order valence-corrected chi connectivity index (χ4v) is 6.81. The number of aliphatic carboxylic acids is 4. The zero-order valence-electron chi connectivity index (χ0n) is 41.0. The predicted octanol–water partition coefficient (Wildman–Crippen LogP) is -6.68. The number of carboxylic acids is 4. The second-order valence-electron chi connectivity index (χ2n) is 16.3. The Kier molecular flexibility index (Phi) is 31.4. The van der Waals surface area contributed by atoms with Crippen molar-refractivity contribution >= 4 is 101 Å². The number of nitrogens with zero attached hydrogens (tertiary/aromatic N) is 2. The van der Waals surface area contributed by atoms with Crippen LogP contribution >= 0.6 is 11.8 Å². The van der Waals surface area contributed by atoms with Gasteiger partial charge in [0, 0.05) is 39.3 Å². The molecule has 74 heavy (non-hydrogen) atoms. The minimum Gasteiger partial charge on any atom is -0.481 e. The first-order valence-corrected chi connectivity index (χ1v) is 24.1. The summed E-state index contributed by atoms with van der Waals surface area (Å²) in [4.78, 5) is 172. The van der Waals surface area contributed by atoms with Gasteiger partial charge in [-0.1, -0.05) is 0 Å². The Labute approximate surface area is 428 Å². The average molecular weight is 1080 g/mol. The highest BCUT2D eigenvalue weighted by molar-refractivity contribution is 7.98. The van der Waals surface area contributed by atoms with E-state index in [4.69, 9.17) is 33.8 Å². The molecule has 416 valence electrons. The summed E-state index contributed by atoms with van der Waals surface area (Å²) < 4.78 is 0. The molecule has 0 aliphatic rings. The van der Waals surface area contributed by atoms with Gasteiger partial charge in [0.25, 0.3) is 0 Å². The van der Waals surface area contributed by atoms with Crippen LogP contribution < -0.4 is 71.2 Å². The van der Waals surface area contributed by atoms with Crippen molar-refractivity contribution in [2.24, 2.45) is 38.7 Å². The summed E-state index contributed by atoms with van der Waals surface area (Å²) in [5, 5.41) is 56.0. The zero-order chi connectivity index (χ0) is 56.7. The van der Waals surface area contributed by atoms with Crippen LogP contribution in [0.1, 0.15) is 90.9 Å². The highest BCUT2D eigenvalue weighted by Crippen LogP contribution is 2.10. The third-order valence-corrected chi connectivity index (χ3v) is 10.7. The van der Waals surface area contributed by atoms with E-state index in [9.17, 15) is 77.6 Å². The lowest BCUT2D eigenvalue weighted by molar-refractivity contribution is -0.143. The number of carbonyl (C=O) groups excluding carboxylic acids is 9. The summed E-state index contributed by atoms with van der Waals surface area (Å²) in [5.41, 5.74) is 26.7. The first kappa shape index (κ1) is 66.0. The number of nitrogens with two attached hydrogens (primary N) is 5. The molecule has 0 aliphatic carbocycles. The van der Waals surface area contributed by atoms with Gasteiger partial charge in [-0.25, -0.2) is 4.79 Å². The van der Waals surface area contributed by atoms with Crippen molar-refractivity contribution in [3.8, 4) is 0 Å². The van der Waals surface area contributed by atoms with Crippen molar-refractivity contribution in [2.45, 2.75) is 139 Å². The van der Waals surface area contributed by atoms with Gasteiger partial charge < -0.3 is 91.6 Å². The van der Waals surface area contributed by atoms with E-state index < -0.39 is 170 Å². The molecule has 22 N–H and O–H groups in total. The van der Waals surface area contributed by atoms with E-state index in [1.54, 1.807) is 6.26 Å². The maximum Gasteiger partial charge on any atom is 0.326 e. The van der Waals surface area contributed by atoms with E-state index in [-0.39, 0.29) is 62.9 Å². The SMILES string of the molecule is CSCCC(NC(=O)C(CCC(=O)O)NC(=O)C(CCC(=O)O)NC(C)=O)C(=O)NC(CCC(=O)O)C(=O)NC(CCCN=C(N)N)C(=O)NC(CCCN=C(N)N)C(=O)NC(C)C(=O)NC(CC(N)=O)C(=O)O. The van der Waals surface area contributed by atoms with Crippen molar-refractivity contribution in [3.05, 3.63) is 0 Å². The topological polar surface area (TPSA) is 554 Å². The van der Waals surface area contributed by atoms with Crippen LogP contribution in [-0.2, 0) is 62.3 Å². The van der Waals surface area contributed by atoms with Gasteiger partial charge in [0.2, 0.25) is 53.2 Å². The Balaban J connectivity index is 6.92. The van der Waals surface area contributed by atoms with E-state index in [2.05, 4.69) is 52.5 Å². The number of amides is 9. The number of guanidine groups is 2. The molecule has 0 radical (unpaired) electrons. The molecule has 33 heteroatoms. The van der Waals surface area contributed by atoms with Crippen molar-refractivity contribution in [3.63, 3.8) is 0 Å². The quantitative estimate of drug-likeness (QED) is 0.0155. The van der Waals surface area contributed by atoms with Gasteiger partial charge in [0.05, 0.1) is 6.42 Å². The molecule has 8 atom stereocenters. The summed E-state index contributed by atoms with van der Waals surface area (Å²) in [7, 11) is 0. The lowest BCUT2D eigenvalue weighted by Crippen LogP contribution is -2.60. The van der Waals surface area contributed by atoms with Crippen LogP contribution in [0.4, 0.5) is 0 Å². The number of aliphatic imine (C=N–C) groups is 2. The summed E-state index contributed by atoms with van der Waals surface area (Å²) in [6, 6.07) is -12.8. The molecule has 0 aromatic rings. The minimum absolute atomic E-state index is 0.00941. The van der Waals surface area contributed by atoms with E-state index in [1.165, 1.54) is 11.8 Å². The van der Waals surface area contributed by atoms with Crippen LogP contribution in [0.3, 0.4) is 0 Å². The van der Waals surface area contributed by atoms with Gasteiger partial charge in [-0.15, -0.1) is 0 Å². The molecule has 8 unspecified atom stereocenters. The number of rotatable bonds is 38. The maximum atomic E-state index is 14.1. The molecular formula is C41H69N15O17S. The molecule has 0 aromatic heterocycles. The average Bonchev–Trinajstić information content (AvgIpc) is 3.29. The van der Waals surface area contributed by atoms with Gasteiger partial charge in [0.1, 0.15) is 48.3 Å². The molecule has 0 spiro atoms. The van der Waals surface area contributed by atoms with E-state index in [0.29, 0.717) is 0 Å². The molecule has 0 saturated heterocycles. The fraction of sp³-hybridized carbons (Fsp3) is 0.634. The first-order chi connectivity index (χ1) is 34.6. The highest BCUT2D eigenvalue weighted by Gasteiger charge is 2.35. The Bertz CT molecular complexity index is 2070. The molecule has 0 fully saturated rings. The Morgan fingerprint density at radius 2 is 0.757 bits per heavy atom. The van der Waals surface area contributed by atoms with Crippen LogP contribution in [0, 0.1) is 0 Å². The van der Waals surface area contributed by atoms with Crippen molar-refractivity contribution < 1.29 is 82.8 Å². The molecule has 0 saturated carbocycles. The Hall–Kier alpha value is -8.00. The van der Waals surface area contributed by atoms with Crippen molar-refractivity contribution in [1.82, 2.24) is 42.5 Å².